The van der Waals surface area contributed by atoms with Crippen molar-refractivity contribution >= 4 is 5.97 Å². The Morgan fingerprint density at radius 1 is 1.56 bits per heavy atom. The smallest absolute Gasteiger partial charge is 0.307 e. The highest BCUT2D eigenvalue weighted by Crippen LogP contribution is 2.50. The number of halogens is 1. The first kappa shape index (κ1) is 10.9. The lowest BCUT2D eigenvalue weighted by Crippen LogP contribution is -2.01. The Bertz CT molecular complexity index is 442. The molecule has 1 aliphatic rings. The van der Waals surface area contributed by atoms with Crippen LogP contribution in [-0.4, -0.2) is 18.2 Å². The summed E-state index contributed by atoms with van der Waals surface area (Å²) in [5.74, 6) is -1.06. The molecule has 2 atom stereocenters. The zero-order valence-corrected chi connectivity index (χ0v) is 9.16. The fraction of sp³-hybridized carbons (Fsp3) is 0.417. The molecular weight excluding hydrogens is 211 g/mol. The third-order valence-electron chi connectivity index (χ3n) is 3.02. The van der Waals surface area contributed by atoms with E-state index in [4.69, 9.17) is 9.84 Å². The van der Waals surface area contributed by atoms with Gasteiger partial charge in [0.05, 0.1) is 13.0 Å². The number of carboxylic acids is 1. The Balaban J connectivity index is 2.34. The summed E-state index contributed by atoms with van der Waals surface area (Å²) in [5.41, 5.74) is 1.17. The molecule has 1 fully saturated rings. The van der Waals surface area contributed by atoms with Crippen molar-refractivity contribution in [1.82, 2.24) is 0 Å². The van der Waals surface area contributed by atoms with E-state index in [1.165, 1.54) is 13.2 Å². The number of aliphatic carboxylic acids is 1. The van der Waals surface area contributed by atoms with Crippen molar-refractivity contribution in [1.29, 1.82) is 0 Å². The Hall–Kier alpha value is -1.58. The molecule has 0 bridgehead atoms. The number of carbonyl (C=O) groups is 1. The number of hydrogen-bond acceptors (Lipinski definition) is 2. The molecule has 0 aromatic heterocycles. The van der Waals surface area contributed by atoms with Crippen LogP contribution in [0.3, 0.4) is 0 Å². The molecule has 1 aliphatic carbocycles. The number of methoxy groups -OCH3 is 1. The van der Waals surface area contributed by atoms with Gasteiger partial charge in [-0.05, 0) is 31.0 Å². The Morgan fingerprint density at radius 3 is 2.75 bits per heavy atom. The fourth-order valence-corrected chi connectivity index (χ4v) is 1.95. The van der Waals surface area contributed by atoms with Gasteiger partial charge in [-0.2, -0.15) is 0 Å². The molecular formula is C12H13FO3. The second-order valence-electron chi connectivity index (χ2n) is 4.13. The van der Waals surface area contributed by atoms with Crippen LogP contribution in [0.2, 0.25) is 0 Å². The van der Waals surface area contributed by atoms with Crippen molar-refractivity contribution < 1.29 is 19.0 Å². The van der Waals surface area contributed by atoms with Crippen LogP contribution >= 0.6 is 0 Å². The summed E-state index contributed by atoms with van der Waals surface area (Å²) >= 11 is 0. The van der Waals surface area contributed by atoms with Gasteiger partial charge in [-0.1, -0.05) is 0 Å². The highest BCUT2D eigenvalue weighted by Gasteiger charge is 2.45. The monoisotopic (exact) mass is 224 g/mol. The van der Waals surface area contributed by atoms with Crippen LogP contribution < -0.4 is 4.74 Å². The maximum absolute atomic E-state index is 13.4. The van der Waals surface area contributed by atoms with Crippen LogP contribution in [0.4, 0.5) is 4.39 Å². The fourth-order valence-electron chi connectivity index (χ4n) is 1.95. The Labute approximate surface area is 92.9 Å². The predicted molar refractivity (Wildman–Crippen MR) is 56.2 cm³/mol. The highest BCUT2D eigenvalue weighted by molar-refractivity contribution is 5.75. The van der Waals surface area contributed by atoms with Gasteiger partial charge in [0, 0.05) is 11.5 Å². The van der Waals surface area contributed by atoms with E-state index in [1.54, 1.807) is 13.0 Å². The zero-order chi connectivity index (χ0) is 11.9. The van der Waals surface area contributed by atoms with E-state index in [0.29, 0.717) is 23.3 Å². The average molecular weight is 224 g/mol. The second kappa shape index (κ2) is 3.77. The van der Waals surface area contributed by atoms with E-state index in [-0.39, 0.29) is 11.7 Å². The van der Waals surface area contributed by atoms with Crippen molar-refractivity contribution in [3.05, 3.63) is 29.1 Å². The zero-order valence-electron chi connectivity index (χ0n) is 9.16. The largest absolute Gasteiger partial charge is 0.496 e. The third-order valence-corrected chi connectivity index (χ3v) is 3.02. The van der Waals surface area contributed by atoms with Gasteiger partial charge in [-0.15, -0.1) is 0 Å². The van der Waals surface area contributed by atoms with Gasteiger partial charge in [0.2, 0.25) is 0 Å². The van der Waals surface area contributed by atoms with Gasteiger partial charge in [0.15, 0.2) is 0 Å². The standard InChI is InChI=1S/C12H13FO3/c1-6-3-11(16-2)8(5-10(6)13)7-4-9(7)12(14)15/h3,5,7,9H,4H2,1-2H3,(H,14,15)/t7-,9+/m0/s1. The molecule has 0 saturated heterocycles. The first-order valence-corrected chi connectivity index (χ1v) is 5.11. The normalized spacial score (nSPS) is 22.9. The molecule has 1 aromatic rings. The van der Waals surface area contributed by atoms with Crippen LogP contribution in [0.25, 0.3) is 0 Å². The third kappa shape index (κ3) is 1.75. The molecule has 16 heavy (non-hydrogen) atoms. The van der Waals surface area contributed by atoms with Crippen LogP contribution in [0, 0.1) is 18.7 Å². The summed E-state index contributed by atoms with van der Waals surface area (Å²) in [6.07, 6.45) is 0.564. The van der Waals surface area contributed by atoms with Crippen molar-refractivity contribution in [2.45, 2.75) is 19.3 Å². The second-order valence-corrected chi connectivity index (χ2v) is 4.13. The molecule has 0 radical (unpaired) electrons. The number of carboxylic acid groups (broad SMARTS) is 1. The van der Waals surface area contributed by atoms with Crippen molar-refractivity contribution in [3.8, 4) is 5.75 Å². The van der Waals surface area contributed by atoms with Gasteiger partial charge >= 0.3 is 5.97 Å². The van der Waals surface area contributed by atoms with Crippen molar-refractivity contribution in [3.63, 3.8) is 0 Å². The molecule has 3 nitrogen and oxygen atoms in total. The van der Waals surface area contributed by atoms with Crippen LogP contribution in [0.15, 0.2) is 12.1 Å². The van der Waals surface area contributed by atoms with E-state index >= 15 is 0 Å². The van der Waals surface area contributed by atoms with Gasteiger partial charge in [-0.3, -0.25) is 4.79 Å². The number of ether oxygens (including phenoxy) is 1. The summed E-state index contributed by atoms with van der Waals surface area (Å²) in [5, 5.41) is 8.84. The number of rotatable bonds is 3. The quantitative estimate of drug-likeness (QED) is 0.857. The van der Waals surface area contributed by atoms with E-state index in [0.717, 1.165) is 0 Å². The number of benzene rings is 1. The van der Waals surface area contributed by atoms with E-state index in [2.05, 4.69) is 0 Å². The first-order valence-electron chi connectivity index (χ1n) is 5.11. The molecule has 1 saturated carbocycles. The van der Waals surface area contributed by atoms with Gasteiger partial charge < -0.3 is 9.84 Å². The molecule has 86 valence electrons. The summed E-state index contributed by atoms with van der Waals surface area (Å²) < 4.78 is 18.6. The minimum Gasteiger partial charge on any atom is -0.496 e. The van der Waals surface area contributed by atoms with E-state index in [1.807, 2.05) is 0 Å². The lowest BCUT2D eigenvalue weighted by molar-refractivity contribution is -0.138. The maximum atomic E-state index is 13.4. The first-order chi connectivity index (χ1) is 7.54. The van der Waals surface area contributed by atoms with Gasteiger partial charge in [0.1, 0.15) is 11.6 Å². The van der Waals surface area contributed by atoms with Crippen LogP contribution in [0.5, 0.6) is 5.75 Å². The molecule has 2 rings (SSSR count). The van der Waals surface area contributed by atoms with Gasteiger partial charge in [0.25, 0.3) is 0 Å². The van der Waals surface area contributed by atoms with Crippen LogP contribution in [-0.2, 0) is 4.79 Å². The average Bonchev–Trinajstić information content (AvgIpc) is 3.01. The maximum Gasteiger partial charge on any atom is 0.307 e. The van der Waals surface area contributed by atoms with E-state index < -0.39 is 11.9 Å². The van der Waals surface area contributed by atoms with Crippen LogP contribution in [0.1, 0.15) is 23.5 Å². The Kier molecular flexibility index (Phi) is 2.58. The summed E-state index contributed by atoms with van der Waals surface area (Å²) in [4.78, 5) is 10.8. The Morgan fingerprint density at radius 2 is 2.25 bits per heavy atom. The number of aryl methyl sites for hydroxylation is 1. The molecule has 0 aliphatic heterocycles. The summed E-state index contributed by atoms with van der Waals surface area (Å²) in [6.45, 7) is 1.66. The SMILES string of the molecule is COc1cc(C)c(F)cc1[C@@H]1C[C@H]1C(=O)O. The lowest BCUT2D eigenvalue weighted by Gasteiger charge is -2.09. The minimum atomic E-state index is -0.826. The highest BCUT2D eigenvalue weighted by atomic mass is 19.1. The predicted octanol–water partition coefficient (Wildman–Crippen LogP) is 2.33. The molecule has 0 heterocycles. The lowest BCUT2D eigenvalue weighted by atomic mass is 10.0. The van der Waals surface area contributed by atoms with Crippen molar-refractivity contribution in [2.24, 2.45) is 5.92 Å². The molecule has 1 N–H and O–H groups in total. The van der Waals surface area contributed by atoms with E-state index in [9.17, 15) is 9.18 Å². The van der Waals surface area contributed by atoms with Crippen molar-refractivity contribution in [2.75, 3.05) is 7.11 Å². The topological polar surface area (TPSA) is 46.5 Å². The molecule has 4 heteroatoms. The molecule has 0 spiro atoms. The summed E-state index contributed by atoms with van der Waals surface area (Å²) in [6, 6.07) is 3.00. The number of hydrogen-bond donors (Lipinski definition) is 1. The minimum absolute atomic E-state index is 0.109. The molecule has 0 unspecified atom stereocenters. The molecule has 1 aromatic carbocycles. The summed E-state index contributed by atoms with van der Waals surface area (Å²) in [7, 11) is 1.51. The van der Waals surface area contributed by atoms with Gasteiger partial charge in [-0.25, -0.2) is 4.39 Å². The molecule has 0 amide bonds.